The molecule has 0 radical (unpaired) electrons. The molecule has 0 aliphatic carbocycles. The standard InChI is InChI=1S/C11H9FN2O2/c1-7-4-2-3-5-9(7)14-6-8(12)10(15)13-11(14)16/h2-6H,1H3,(H,13,15,16). The first-order chi connectivity index (χ1) is 7.59. The minimum Gasteiger partial charge on any atom is -0.271 e. The normalized spacial score (nSPS) is 10.4. The molecule has 4 nitrogen and oxygen atoms in total. The molecule has 2 rings (SSSR count). The van der Waals surface area contributed by atoms with Gasteiger partial charge in [-0.2, -0.15) is 4.39 Å². The monoisotopic (exact) mass is 220 g/mol. The van der Waals surface area contributed by atoms with Gasteiger partial charge in [-0.15, -0.1) is 0 Å². The van der Waals surface area contributed by atoms with Gasteiger partial charge in [0.15, 0.2) is 0 Å². The average molecular weight is 220 g/mol. The molecule has 0 aliphatic rings. The first-order valence-electron chi connectivity index (χ1n) is 4.67. The van der Waals surface area contributed by atoms with Crippen LogP contribution in [0.2, 0.25) is 0 Å². The third-order valence-electron chi connectivity index (χ3n) is 2.27. The highest BCUT2D eigenvalue weighted by Crippen LogP contribution is 2.10. The summed E-state index contributed by atoms with van der Waals surface area (Å²) in [4.78, 5) is 24.3. The van der Waals surface area contributed by atoms with Gasteiger partial charge >= 0.3 is 5.69 Å². The molecular formula is C11H9FN2O2. The maximum absolute atomic E-state index is 13.1. The van der Waals surface area contributed by atoms with Crippen LogP contribution in [0.25, 0.3) is 5.69 Å². The van der Waals surface area contributed by atoms with E-state index >= 15 is 0 Å². The molecule has 1 N–H and O–H groups in total. The van der Waals surface area contributed by atoms with Crippen LogP contribution >= 0.6 is 0 Å². The third-order valence-corrected chi connectivity index (χ3v) is 2.27. The Hall–Kier alpha value is -2.17. The minimum absolute atomic E-state index is 0.544. The van der Waals surface area contributed by atoms with Crippen LogP contribution < -0.4 is 11.2 Å². The van der Waals surface area contributed by atoms with Gasteiger partial charge in [-0.3, -0.25) is 14.3 Å². The lowest BCUT2D eigenvalue weighted by Crippen LogP contribution is -2.30. The Morgan fingerprint density at radius 1 is 1.25 bits per heavy atom. The zero-order valence-corrected chi connectivity index (χ0v) is 8.53. The van der Waals surface area contributed by atoms with Crippen molar-refractivity contribution in [2.45, 2.75) is 6.92 Å². The summed E-state index contributed by atoms with van der Waals surface area (Å²) in [5.74, 6) is -0.983. The van der Waals surface area contributed by atoms with Crippen LogP contribution in [0, 0.1) is 12.7 Å². The topological polar surface area (TPSA) is 54.9 Å². The van der Waals surface area contributed by atoms with Gasteiger partial charge in [0.05, 0.1) is 11.9 Å². The van der Waals surface area contributed by atoms with Gasteiger partial charge in [0.1, 0.15) is 0 Å². The van der Waals surface area contributed by atoms with E-state index in [2.05, 4.69) is 0 Å². The van der Waals surface area contributed by atoms with E-state index in [0.717, 1.165) is 16.3 Å². The SMILES string of the molecule is Cc1ccccc1-n1cc(F)c(=O)[nH]c1=O. The second kappa shape index (κ2) is 3.77. The summed E-state index contributed by atoms with van der Waals surface area (Å²) in [5, 5.41) is 0. The highest BCUT2D eigenvalue weighted by atomic mass is 19.1. The van der Waals surface area contributed by atoms with Crippen molar-refractivity contribution in [3.05, 3.63) is 62.7 Å². The molecule has 0 spiro atoms. The van der Waals surface area contributed by atoms with Gasteiger partial charge in [-0.1, -0.05) is 18.2 Å². The third kappa shape index (κ3) is 1.67. The van der Waals surface area contributed by atoms with E-state index in [0.29, 0.717) is 5.69 Å². The maximum Gasteiger partial charge on any atom is 0.333 e. The van der Waals surface area contributed by atoms with E-state index in [1.54, 1.807) is 25.1 Å². The van der Waals surface area contributed by atoms with Crippen molar-refractivity contribution in [2.24, 2.45) is 0 Å². The molecule has 82 valence electrons. The Kier molecular flexibility index (Phi) is 2.44. The molecule has 2 aromatic rings. The minimum atomic E-state index is -1.00. The lowest BCUT2D eigenvalue weighted by molar-refractivity contribution is 0.586. The number of aryl methyl sites for hydroxylation is 1. The number of rotatable bonds is 1. The Labute approximate surface area is 90.0 Å². The van der Waals surface area contributed by atoms with Gasteiger partial charge in [0, 0.05) is 0 Å². The van der Waals surface area contributed by atoms with Crippen molar-refractivity contribution < 1.29 is 4.39 Å². The molecule has 0 unspecified atom stereocenters. The number of aromatic nitrogens is 2. The van der Waals surface area contributed by atoms with Crippen LogP contribution in [0.5, 0.6) is 0 Å². The highest BCUT2D eigenvalue weighted by Gasteiger charge is 2.06. The number of hydrogen-bond acceptors (Lipinski definition) is 2. The van der Waals surface area contributed by atoms with E-state index in [1.165, 1.54) is 0 Å². The number of hydrogen-bond donors (Lipinski definition) is 1. The van der Waals surface area contributed by atoms with E-state index in [4.69, 9.17) is 0 Å². The number of benzene rings is 1. The second-order valence-electron chi connectivity index (χ2n) is 3.39. The van der Waals surface area contributed by atoms with Gasteiger partial charge in [-0.05, 0) is 18.6 Å². The van der Waals surface area contributed by atoms with Gasteiger partial charge in [0.2, 0.25) is 5.82 Å². The van der Waals surface area contributed by atoms with Crippen molar-refractivity contribution in [3.63, 3.8) is 0 Å². The van der Waals surface area contributed by atoms with Crippen molar-refractivity contribution in [2.75, 3.05) is 0 Å². The fourth-order valence-corrected chi connectivity index (χ4v) is 1.46. The second-order valence-corrected chi connectivity index (χ2v) is 3.39. The molecule has 0 fully saturated rings. The Balaban J connectivity index is 2.75. The van der Waals surface area contributed by atoms with Crippen LogP contribution in [0.1, 0.15) is 5.56 Å². The number of H-pyrrole nitrogens is 1. The van der Waals surface area contributed by atoms with E-state index in [9.17, 15) is 14.0 Å². The Bertz CT molecular complexity index is 643. The summed E-state index contributed by atoms with van der Waals surface area (Å²) in [7, 11) is 0. The van der Waals surface area contributed by atoms with E-state index in [-0.39, 0.29) is 0 Å². The first kappa shape index (κ1) is 10.4. The molecule has 1 aromatic heterocycles. The zero-order chi connectivity index (χ0) is 11.7. The quantitative estimate of drug-likeness (QED) is 0.778. The summed E-state index contributed by atoms with van der Waals surface area (Å²) in [6, 6.07) is 7.02. The zero-order valence-electron chi connectivity index (χ0n) is 8.53. The van der Waals surface area contributed by atoms with Crippen molar-refractivity contribution >= 4 is 0 Å². The molecule has 16 heavy (non-hydrogen) atoms. The summed E-state index contributed by atoms with van der Waals surface area (Å²) < 4.78 is 14.1. The molecular weight excluding hydrogens is 211 g/mol. The number of halogens is 1. The van der Waals surface area contributed by atoms with Crippen LogP contribution in [0.3, 0.4) is 0 Å². The maximum atomic E-state index is 13.1. The average Bonchev–Trinajstić information content (AvgIpc) is 2.25. The predicted molar refractivity (Wildman–Crippen MR) is 57.4 cm³/mol. The molecule has 0 aliphatic heterocycles. The van der Waals surface area contributed by atoms with Crippen LogP contribution in [0.4, 0.5) is 4.39 Å². The predicted octanol–water partition coefficient (Wildman–Crippen LogP) is 0.973. The molecule has 1 aromatic carbocycles. The number of nitrogens with zero attached hydrogens (tertiary/aromatic N) is 1. The summed E-state index contributed by atoms with van der Waals surface area (Å²) in [5.41, 5.74) is -0.297. The van der Waals surface area contributed by atoms with Gasteiger partial charge in [0.25, 0.3) is 5.56 Å². The smallest absolute Gasteiger partial charge is 0.271 e. The largest absolute Gasteiger partial charge is 0.333 e. The summed E-state index contributed by atoms with van der Waals surface area (Å²) in [6.45, 7) is 1.80. The van der Waals surface area contributed by atoms with Crippen LogP contribution in [-0.4, -0.2) is 9.55 Å². The molecule has 0 saturated carbocycles. The molecule has 0 saturated heterocycles. The van der Waals surface area contributed by atoms with Crippen molar-refractivity contribution in [1.29, 1.82) is 0 Å². The number of aromatic amines is 1. The van der Waals surface area contributed by atoms with E-state index in [1.807, 2.05) is 11.1 Å². The van der Waals surface area contributed by atoms with Gasteiger partial charge in [-0.25, -0.2) is 4.79 Å². The number of para-hydroxylation sites is 1. The van der Waals surface area contributed by atoms with Gasteiger partial charge < -0.3 is 0 Å². The fraction of sp³-hybridized carbons (Fsp3) is 0.0909. The van der Waals surface area contributed by atoms with Crippen molar-refractivity contribution in [1.82, 2.24) is 9.55 Å². The van der Waals surface area contributed by atoms with Crippen LogP contribution in [0.15, 0.2) is 40.1 Å². The molecule has 1 heterocycles. The molecule has 5 heteroatoms. The van der Waals surface area contributed by atoms with Crippen molar-refractivity contribution in [3.8, 4) is 5.69 Å². The lowest BCUT2D eigenvalue weighted by atomic mass is 10.2. The lowest BCUT2D eigenvalue weighted by Gasteiger charge is -2.07. The molecule has 0 bridgehead atoms. The Morgan fingerprint density at radius 2 is 1.94 bits per heavy atom. The summed E-state index contributed by atoms with van der Waals surface area (Å²) in [6.07, 6.45) is 0.892. The highest BCUT2D eigenvalue weighted by molar-refractivity contribution is 5.39. The molecule has 0 atom stereocenters. The Morgan fingerprint density at radius 3 is 2.62 bits per heavy atom. The number of nitrogens with one attached hydrogen (secondary N) is 1. The summed E-state index contributed by atoms with van der Waals surface area (Å²) >= 11 is 0. The van der Waals surface area contributed by atoms with Crippen LogP contribution in [-0.2, 0) is 0 Å². The fourth-order valence-electron chi connectivity index (χ4n) is 1.46. The molecule has 0 amide bonds. The first-order valence-corrected chi connectivity index (χ1v) is 4.67. The van der Waals surface area contributed by atoms with E-state index < -0.39 is 17.1 Å².